The first kappa shape index (κ1) is 17.6. The first-order valence-corrected chi connectivity index (χ1v) is 8.15. The van der Waals surface area contributed by atoms with Crippen molar-refractivity contribution in [3.05, 3.63) is 72.3 Å². The average molecular weight is 324 g/mol. The maximum Gasteiger partial charge on any atom is 0.135 e. The molecule has 0 aliphatic carbocycles. The van der Waals surface area contributed by atoms with E-state index in [0.29, 0.717) is 17.9 Å². The van der Waals surface area contributed by atoms with Gasteiger partial charge in [0, 0.05) is 36.0 Å². The summed E-state index contributed by atoms with van der Waals surface area (Å²) < 4.78 is 0. The van der Waals surface area contributed by atoms with Gasteiger partial charge in [-0.3, -0.25) is 0 Å². The number of rotatable bonds is 8. The van der Waals surface area contributed by atoms with Crippen molar-refractivity contribution in [1.82, 2.24) is 0 Å². The first-order chi connectivity index (χ1) is 11.7. The Bertz CT molecular complexity index is 692. The number of anilines is 1. The molecule has 0 amide bonds. The lowest BCUT2D eigenvalue weighted by Crippen LogP contribution is -2.21. The van der Waals surface area contributed by atoms with Gasteiger partial charge >= 0.3 is 0 Å². The molecular weight excluding hydrogens is 300 g/mol. The van der Waals surface area contributed by atoms with Crippen LogP contribution in [0.15, 0.2) is 66.3 Å². The quantitative estimate of drug-likeness (QED) is 0.343. The topological polar surface area (TPSA) is 45.1 Å². The SMILES string of the molecule is C=CCO/N=C(/c1ccccc1)c1ccc(N(CC)CC)cc1O. The van der Waals surface area contributed by atoms with Crippen LogP contribution in [0.5, 0.6) is 5.75 Å². The van der Waals surface area contributed by atoms with Crippen molar-refractivity contribution in [2.75, 3.05) is 24.6 Å². The van der Waals surface area contributed by atoms with Gasteiger partial charge in [-0.05, 0) is 26.0 Å². The minimum Gasteiger partial charge on any atom is -0.507 e. The van der Waals surface area contributed by atoms with E-state index in [4.69, 9.17) is 4.84 Å². The number of hydrogen-bond donors (Lipinski definition) is 1. The molecule has 0 heterocycles. The van der Waals surface area contributed by atoms with Gasteiger partial charge in [-0.1, -0.05) is 48.1 Å². The number of aromatic hydroxyl groups is 1. The summed E-state index contributed by atoms with van der Waals surface area (Å²) in [6, 6.07) is 15.3. The molecule has 126 valence electrons. The van der Waals surface area contributed by atoms with Crippen LogP contribution in [0.4, 0.5) is 5.69 Å². The van der Waals surface area contributed by atoms with Crippen LogP contribution in [0.25, 0.3) is 0 Å². The summed E-state index contributed by atoms with van der Waals surface area (Å²) in [4.78, 5) is 7.45. The smallest absolute Gasteiger partial charge is 0.135 e. The molecule has 4 nitrogen and oxygen atoms in total. The third-order valence-electron chi connectivity index (χ3n) is 3.76. The highest BCUT2D eigenvalue weighted by atomic mass is 16.6. The third kappa shape index (κ3) is 4.16. The summed E-state index contributed by atoms with van der Waals surface area (Å²) in [6.45, 7) is 9.89. The van der Waals surface area contributed by atoms with E-state index >= 15 is 0 Å². The number of nitrogens with zero attached hydrogens (tertiary/aromatic N) is 2. The van der Waals surface area contributed by atoms with Gasteiger partial charge in [-0.2, -0.15) is 0 Å². The average Bonchev–Trinajstić information content (AvgIpc) is 2.61. The third-order valence-corrected chi connectivity index (χ3v) is 3.76. The van der Waals surface area contributed by atoms with Crippen molar-refractivity contribution in [2.45, 2.75) is 13.8 Å². The predicted molar refractivity (Wildman–Crippen MR) is 99.9 cm³/mol. The second-order valence-electron chi connectivity index (χ2n) is 5.26. The van der Waals surface area contributed by atoms with Crippen LogP contribution in [-0.4, -0.2) is 30.5 Å². The Morgan fingerprint density at radius 3 is 2.46 bits per heavy atom. The second kappa shape index (κ2) is 8.77. The van der Waals surface area contributed by atoms with E-state index in [1.807, 2.05) is 42.5 Å². The molecule has 0 aliphatic rings. The zero-order valence-electron chi connectivity index (χ0n) is 14.3. The Morgan fingerprint density at radius 2 is 1.88 bits per heavy atom. The van der Waals surface area contributed by atoms with Gasteiger partial charge in [0.2, 0.25) is 0 Å². The molecule has 2 aromatic rings. The van der Waals surface area contributed by atoms with Gasteiger partial charge in [-0.15, -0.1) is 0 Å². The Morgan fingerprint density at radius 1 is 1.17 bits per heavy atom. The van der Waals surface area contributed by atoms with E-state index in [2.05, 4.69) is 30.5 Å². The normalized spacial score (nSPS) is 11.2. The predicted octanol–water partition coefficient (Wildman–Crippen LogP) is 4.19. The van der Waals surface area contributed by atoms with Gasteiger partial charge in [-0.25, -0.2) is 0 Å². The highest BCUT2D eigenvalue weighted by Crippen LogP contribution is 2.27. The summed E-state index contributed by atoms with van der Waals surface area (Å²) in [5, 5.41) is 14.7. The van der Waals surface area contributed by atoms with E-state index < -0.39 is 0 Å². The number of hydrogen-bond acceptors (Lipinski definition) is 4. The van der Waals surface area contributed by atoms with Crippen LogP contribution >= 0.6 is 0 Å². The van der Waals surface area contributed by atoms with Crippen molar-refractivity contribution in [3.63, 3.8) is 0 Å². The van der Waals surface area contributed by atoms with E-state index in [9.17, 15) is 5.11 Å². The van der Waals surface area contributed by atoms with Crippen LogP contribution < -0.4 is 4.90 Å². The molecule has 0 saturated carbocycles. The lowest BCUT2D eigenvalue weighted by molar-refractivity contribution is 0.175. The molecule has 0 bridgehead atoms. The summed E-state index contributed by atoms with van der Waals surface area (Å²) in [5.41, 5.74) is 3.11. The van der Waals surface area contributed by atoms with Crippen LogP contribution in [0.2, 0.25) is 0 Å². The maximum absolute atomic E-state index is 10.5. The Hall–Kier alpha value is -2.75. The molecule has 24 heavy (non-hydrogen) atoms. The van der Waals surface area contributed by atoms with Gasteiger partial charge in [0.15, 0.2) is 0 Å². The van der Waals surface area contributed by atoms with Gasteiger partial charge in [0.05, 0.1) is 0 Å². The molecule has 0 radical (unpaired) electrons. The molecule has 2 aromatic carbocycles. The van der Waals surface area contributed by atoms with Crippen LogP contribution in [0.1, 0.15) is 25.0 Å². The number of oxime groups is 1. The van der Waals surface area contributed by atoms with Crippen molar-refractivity contribution in [1.29, 1.82) is 0 Å². The Kier molecular flexibility index (Phi) is 6.43. The molecule has 4 heteroatoms. The van der Waals surface area contributed by atoms with Gasteiger partial charge in [0.1, 0.15) is 18.1 Å². The number of benzene rings is 2. The molecule has 0 fully saturated rings. The Balaban J connectivity index is 2.43. The molecule has 1 N–H and O–H groups in total. The van der Waals surface area contributed by atoms with E-state index in [1.54, 1.807) is 12.1 Å². The van der Waals surface area contributed by atoms with Gasteiger partial charge < -0.3 is 14.8 Å². The highest BCUT2D eigenvalue weighted by molar-refractivity contribution is 6.14. The van der Waals surface area contributed by atoms with Crippen LogP contribution in [0, 0.1) is 0 Å². The van der Waals surface area contributed by atoms with Gasteiger partial charge in [0.25, 0.3) is 0 Å². The summed E-state index contributed by atoms with van der Waals surface area (Å²) in [5.74, 6) is 0.184. The molecule has 0 saturated heterocycles. The molecule has 0 aromatic heterocycles. The van der Waals surface area contributed by atoms with Crippen molar-refractivity contribution in [2.24, 2.45) is 5.16 Å². The zero-order valence-corrected chi connectivity index (χ0v) is 14.3. The molecule has 2 rings (SSSR count). The number of phenolic OH excluding ortho intramolecular Hbond substituents is 1. The van der Waals surface area contributed by atoms with E-state index in [0.717, 1.165) is 24.3 Å². The van der Waals surface area contributed by atoms with Crippen LogP contribution in [0.3, 0.4) is 0 Å². The largest absolute Gasteiger partial charge is 0.507 e. The monoisotopic (exact) mass is 324 g/mol. The lowest BCUT2D eigenvalue weighted by Gasteiger charge is -2.21. The molecule has 0 aliphatic heterocycles. The Labute approximate surface area is 143 Å². The molecular formula is C20H24N2O2. The molecule has 0 unspecified atom stereocenters. The van der Waals surface area contributed by atoms with Crippen molar-refractivity contribution < 1.29 is 9.94 Å². The lowest BCUT2D eigenvalue weighted by atomic mass is 10.0. The second-order valence-corrected chi connectivity index (χ2v) is 5.26. The van der Waals surface area contributed by atoms with Crippen molar-refractivity contribution in [3.8, 4) is 5.75 Å². The maximum atomic E-state index is 10.5. The minimum absolute atomic E-state index is 0.184. The number of phenols is 1. The van der Waals surface area contributed by atoms with Crippen molar-refractivity contribution >= 4 is 11.4 Å². The first-order valence-electron chi connectivity index (χ1n) is 8.15. The fourth-order valence-electron chi connectivity index (χ4n) is 2.51. The summed E-state index contributed by atoms with van der Waals surface area (Å²) in [7, 11) is 0. The van der Waals surface area contributed by atoms with E-state index in [-0.39, 0.29) is 5.75 Å². The summed E-state index contributed by atoms with van der Waals surface area (Å²) in [6.07, 6.45) is 1.63. The zero-order chi connectivity index (χ0) is 17.4. The molecule has 0 spiro atoms. The van der Waals surface area contributed by atoms with E-state index in [1.165, 1.54) is 0 Å². The minimum atomic E-state index is 0.184. The summed E-state index contributed by atoms with van der Waals surface area (Å²) >= 11 is 0. The highest BCUT2D eigenvalue weighted by Gasteiger charge is 2.14. The standard InChI is InChI=1S/C20H24N2O2/c1-4-14-24-21-20(16-10-8-7-9-11-16)18-13-12-17(15-19(18)23)22(5-2)6-3/h4,7-13,15,23H,1,5-6,14H2,2-3H3/b21-20-. The molecule has 0 atom stereocenters. The fraction of sp³-hybridized carbons (Fsp3) is 0.250. The van der Waals surface area contributed by atoms with Crippen LogP contribution in [-0.2, 0) is 4.84 Å². The fourth-order valence-corrected chi connectivity index (χ4v) is 2.51.